The summed E-state index contributed by atoms with van der Waals surface area (Å²) >= 11 is 6.72. The summed E-state index contributed by atoms with van der Waals surface area (Å²) in [6.45, 7) is 2.90. The molecule has 0 atom stereocenters. The van der Waals surface area contributed by atoms with Crippen LogP contribution in [0.2, 0.25) is 0 Å². The lowest BCUT2D eigenvalue weighted by Crippen LogP contribution is -2.15. The van der Waals surface area contributed by atoms with Crippen LogP contribution >= 0.6 is 24.0 Å². The molecule has 0 aromatic heterocycles. The van der Waals surface area contributed by atoms with E-state index in [0.29, 0.717) is 31.0 Å². The average Bonchev–Trinajstić information content (AvgIpc) is 2.43. The fourth-order valence-electron chi connectivity index (χ4n) is 1.79. The van der Waals surface area contributed by atoms with Gasteiger partial charge in [0.2, 0.25) is 0 Å². The summed E-state index contributed by atoms with van der Waals surface area (Å²) in [5, 5.41) is 3.28. The molecular weight excluding hydrogens is 292 g/mol. The minimum Gasteiger partial charge on any atom is -0.466 e. The molecule has 20 heavy (non-hydrogen) atoms. The molecule has 0 saturated carbocycles. The Morgan fingerprint density at radius 2 is 2.25 bits per heavy atom. The van der Waals surface area contributed by atoms with Gasteiger partial charge in [0, 0.05) is 29.1 Å². The van der Waals surface area contributed by atoms with Crippen LogP contribution in [-0.2, 0) is 9.53 Å². The minimum atomic E-state index is -0.165. The van der Waals surface area contributed by atoms with E-state index in [1.54, 1.807) is 18.7 Å². The van der Waals surface area contributed by atoms with E-state index in [1.807, 2.05) is 24.5 Å². The van der Waals surface area contributed by atoms with Crippen molar-refractivity contribution in [3.63, 3.8) is 0 Å². The lowest BCUT2D eigenvalue weighted by molar-refractivity contribution is -0.143. The molecule has 0 aliphatic carbocycles. The molecule has 0 heterocycles. The predicted octanol–water partition coefficient (Wildman–Crippen LogP) is 2.80. The number of rotatable bonds is 8. The SMILES string of the molecule is CCOC(=O)CCCNc1cccc(SC)c1C(N)=S. The van der Waals surface area contributed by atoms with Gasteiger partial charge in [-0.15, -0.1) is 11.8 Å². The van der Waals surface area contributed by atoms with E-state index in [1.165, 1.54) is 0 Å². The number of thioether (sulfide) groups is 1. The molecule has 0 fully saturated rings. The quantitative estimate of drug-likeness (QED) is 0.333. The second-order valence-corrected chi connectivity index (χ2v) is 5.37. The Balaban J connectivity index is 2.60. The molecule has 0 aliphatic rings. The van der Waals surface area contributed by atoms with Crippen LogP contribution < -0.4 is 11.1 Å². The number of thiocarbonyl (C=S) groups is 1. The highest BCUT2D eigenvalue weighted by Gasteiger charge is 2.10. The number of carbonyl (C=O) groups excluding carboxylic acids is 1. The molecule has 4 nitrogen and oxygen atoms in total. The fourth-order valence-corrected chi connectivity index (χ4v) is 2.71. The van der Waals surface area contributed by atoms with Crippen molar-refractivity contribution >= 4 is 40.6 Å². The second-order valence-electron chi connectivity index (χ2n) is 4.08. The molecule has 0 amide bonds. The molecule has 110 valence electrons. The van der Waals surface area contributed by atoms with Crippen molar-refractivity contribution in [3.05, 3.63) is 23.8 Å². The van der Waals surface area contributed by atoms with Crippen LogP contribution in [-0.4, -0.2) is 30.4 Å². The Hall–Kier alpha value is -1.27. The Kier molecular flexibility index (Phi) is 7.40. The highest BCUT2D eigenvalue weighted by Crippen LogP contribution is 2.27. The van der Waals surface area contributed by atoms with Gasteiger partial charge >= 0.3 is 5.97 Å². The highest BCUT2D eigenvalue weighted by atomic mass is 32.2. The molecule has 0 spiro atoms. The number of ether oxygens (including phenoxy) is 1. The summed E-state index contributed by atoms with van der Waals surface area (Å²) in [6, 6.07) is 5.89. The van der Waals surface area contributed by atoms with E-state index in [-0.39, 0.29) is 5.97 Å². The van der Waals surface area contributed by atoms with Crippen LogP contribution in [0.25, 0.3) is 0 Å². The number of hydrogen-bond acceptors (Lipinski definition) is 5. The largest absolute Gasteiger partial charge is 0.466 e. The third kappa shape index (κ3) is 5.02. The first-order valence-electron chi connectivity index (χ1n) is 6.46. The van der Waals surface area contributed by atoms with Crippen LogP contribution in [0, 0.1) is 0 Å². The van der Waals surface area contributed by atoms with Crippen LogP contribution in [0.15, 0.2) is 23.1 Å². The zero-order chi connectivity index (χ0) is 15.0. The van der Waals surface area contributed by atoms with Gasteiger partial charge in [-0.05, 0) is 31.7 Å². The molecule has 0 radical (unpaired) electrons. The number of nitrogens with two attached hydrogens (primary N) is 1. The van der Waals surface area contributed by atoms with Crippen LogP contribution in [0.5, 0.6) is 0 Å². The van der Waals surface area contributed by atoms with E-state index in [9.17, 15) is 4.79 Å². The van der Waals surface area contributed by atoms with Crippen molar-refractivity contribution < 1.29 is 9.53 Å². The topological polar surface area (TPSA) is 64.3 Å². The molecule has 0 saturated heterocycles. The van der Waals surface area contributed by atoms with Gasteiger partial charge in [-0.3, -0.25) is 4.79 Å². The van der Waals surface area contributed by atoms with Gasteiger partial charge in [0.1, 0.15) is 4.99 Å². The number of benzene rings is 1. The van der Waals surface area contributed by atoms with Crippen molar-refractivity contribution in [2.75, 3.05) is 24.7 Å². The van der Waals surface area contributed by atoms with Crippen LogP contribution in [0.1, 0.15) is 25.3 Å². The lowest BCUT2D eigenvalue weighted by Gasteiger charge is -2.14. The third-order valence-electron chi connectivity index (χ3n) is 2.67. The summed E-state index contributed by atoms with van der Waals surface area (Å²) in [6.07, 6.45) is 3.10. The van der Waals surface area contributed by atoms with E-state index in [4.69, 9.17) is 22.7 Å². The first-order valence-corrected chi connectivity index (χ1v) is 8.09. The molecule has 0 unspecified atom stereocenters. The number of hydrogen-bond donors (Lipinski definition) is 2. The number of carbonyl (C=O) groups is 1. The maximum absolute atomic E-state index is 11.2. The standard InChI is InChI=1S/C14H20N2O2S2/c1-3-18-12(17)8-5-9-16-10-6-4-7-11(20-2)13(10)14(15)19/h4,6-7,16H,3,5,8-9H2,1-2H3,(H2,15,19). The Bertz CT molecular complexity index is 478. The Morgan fingerprint density at radius 3 is 2.85 bits per heavy atom. The van der Waals surface area contributed by atoms with Gasteiger partial charge in [-0.25, -0.2) is 0 Å². The molecule has 1 aromatic rings. The summed E-state index contributed by atoms with van der Waals surface area (Å²) in [5.41, 5.74) is 7.56. The zero-order valence-corrected chi connectivity index (χ0v) is 13.4. The lowest BCUT2D eigenvalue weighted by atomic mass is 10.1. The maximum atomic E-state index is 11.2. The fraction of sp³-hybridized carbons (Fsp3) is 0.429. The first-order chi connectivity index (χ1) is 9.60. The van der Waals surface area contributed by atoms with Crippen LogP contribution in [0.3, 0.4) is 0 Å². The molecule has 3 N–H and O–H groups in total. The summed E-state index contributed by atoms with van der Waals surface area (Å²) in [5.74, 6) is -0.165. The Morgan fingerprint density at radius 1 is 1.50 bits per heavy atom. The minimum absolute atomic E-state index is 0.165. The van der Waals surface area contributed by atoms with E-state index >= 15 is 0 Å². The average molecular weight is 312 g/mol. The Labute approximate surface area is 129 Å². The molecular formula is C14H20N2O2S2. The monoisotopic (exact) mass is 312 g/mol. The van der Waals surface area contributed by atoms with E-state index < -0.39 is 0 Å². The third-order valence-corrected chi connectivity index (χ3v) is 3.66. The predicted molar refractivity (Wildman–Crippen MR) is 88.5 cm³/mol. The van der Waals surface area contributed by atoms with Crippen molar-refractivity contribution in [3.8, 4) is 0 Å². The van der Waals surface area contributed by atoms with Crippen molar-refractivity contribution in [2.24, 2.45) is 5.73 Å². The smallest absolute Gasteiger partial charge is 0.305 e. The molecule has 1 rings (SSSR count). The maximum Gasteiger partial charge on any atom is 0.305 e. The number of anilines is 1. The van der Waals surface area contributed by atoms with Gasteiger partial charge in [-0.1, -0.05) is 18.3 Å². The van der Waals surface area contributed by atoms with Crippen molar-refractivity contribution in [1.82, 2.24) is 0 Å². The second kappa shape index (κ2) is 8.81. The van der Waals surface area contributed by atoms with Crippen LogP contribution in [0.4, 0.5) is 5.69 Å². The zero-order valence-electron chi connectivity index (χ0n) is 11.8. The molecule has 0 bridgehead atoms. The number of nitrogens with one attached hydrogen (secondary N) is 1. The normalized spacial score (nSPS) is 10.1. The van der Waals surface area contributed by atoms with Gasteiger partial charge in [-0.2, -0.15) is 0 Å². The first kappa shape index (κ1) is 16.8. The van der Waals surface area contributed by atoms with E-state index in [0.717, 1.165) is 16.1 Å². The van der Waals surface area contributed by atoms with E-state index in [2.05, 4.69) is 5.32 Å². The van der Waals surface area contributed by atoms with Gasteiger partial charge < -0.3 is 15.8 Å². The van der Waals surface area contributed by atoms with Gasteiger partial charge in [0.05, 0.1) is 6.61 Å². The molecule has 6 heteroatoms. The van der Waals surface area contributed by atoms with Gasteiger partial charge in [0.25, 0.3) is 0 Å². The highest BCUT2D eigenvalue weighted by molar-refractivity contribution is 7.98. The molecule has 1 aromatic carbocycles. The summed E-state index contributed by atoms with van der Waals surface area (Å²) in [7, 11) is 0. The van der Waals surface area contributed by atoms with Gasteiger partial charge in [0.15, 0.2) is 0 Å². The summed E-state index contributed by atoms with van der Waals surface area (Å²) in [4.78, 5) is 12.7. The number of esters is 1. The summed E-state index contributed by atoms with van der Waals surface area (Å²) < 4.78 is 4.88. The van der Waals surface area contributed by atoms with Crippen molar-refractivity contribution in [2.45, 2.75) is 24.7 Å². The molecule has 0 aliphatic heterocycles. The van der Waals surface area contributed by atoms with Crippen molar-refractivity contribution in [1.29, 1.82) is 0 Å².